The molecule has 0 aromatic carbocycles. The summed E-state index contributed by atoms with van der Waals surface area (Å²) in [4.78, 5) is 72.5. The molecule has 1 radical (unpaired) electrons. The van der Waals surface area contributed by atoms with Crippen molar-refractivity contribution in [1.82, 2.24) is 6.15 Å². The third-order valence-corrected chi connectivity index (χ3v) is 11.1. The van der Waals surface area contributed by atoms with Crippen LogP contribution in [0.3, 0.4) is 0 Å². The fourth-order valence-electron chi connectivity index (χ4n) is 8.40. The Labute approximate surface area is 427 Å². The second kappa shape index (κ2) is 44.8. The van der Waals surface area contributed by atoms with Crippen molar-refractivity contribution < 1.29 is 122 Å². The van der Waals surface area contributed by atoms with Gasteiger partial charge in [-0.2, -0.15) is 0 Å². The molecule has 12 heterocycles. The monoisotopic (exact) mass is 1170 g/mol. The third kappa shape index (κ3) is 53.6. The van der Waals surface area contributed by atoms with Crippen LogP contribution in [-0.2, 0) is 0 Å². The standard InChI is InChI=1S/4C7H13NO.Ce.8NO3.H3N/c4*9-7-5-8-3-1-6(7)2-4-8;;8*2-1(3)4;/h4*6-7,9H,1-5H2;;;;;;;;;;1H3/q;;;;+3;8*-1;/p+5/t4*7-;;;;;;;;;;/m1111........../s1. The van der Waals surface area contributed by atoms with Crippen LogP contribution in [0.25, 0.3) is 0 Å². The van der Waals surface area contributed by atoms with E-state index in [1.54, 1.807) is 19.6 Å². The van der Waals surface area contributed by atoms with Gasteiger partial charge in [-0.15, -0.1) is 0 Å². The normalized spacial score (nSPS) is 28.3. The van der Waals surface area contributed by atoms with Gasteiger partial charge in [-0.1, -0.05) is 0 Å². The molecule has 409 valence electrons. The Morgan fingerprint density at radius 1 is 0.271 bits per heavy atom. The number of quaternary nitrogens is 5. The van der Waals surface area contributed by atoms with Crippen molar-refractivity contribution in [2.45, 2.75) is 75.8 Å². The summed E-state index contributed by atoms with van der Waals surface area (Å²) in [6.07, 6.45) is 10.2. The van der Waals surface area contributed by atoms with Crippen LogP contribution in [0.1, 0.15) is 51.4 Å². The number of hydrogen-bond acceptors (Lipinski definition) is 28. The molecular weight excluding hydrogens is 1110 g/mol. The van der Waals surface area contributed by atoms with Crippen molar-refractivity contribution in [3.8, 4) is 0 Å². The van der Waals surface area contributed by atoms with Gasteiger partial charge in [0, 0.05) is 75.0 Å². The number of nitrogens with zero attached hydrogens (tertiary/aromatic N) is 8. The molecule has 0 spiro atoms. The zero-order chi connectivity index (χ0) is 53.7. The molecule has 70 heavy (non-hydrogen) atoms. The van der Waals surface area contributed by atoms with Crippen LogP contribution >= 0.6 is 0 Å². The maximum absolute atomic E-state index is 9.38. The second-order valence-electron chi connectivity index (χ2n) is 15.2. The average molecular weight is 1170 g/mol. The largest absolute Gasteiger partial charge is 3.00 e. The minimum absolute atomic E-state index is 0. The quantitative estimate of drug-likeness (QED) is 0.0804. The molecule has 0 amide bonds. The molecular formula is C28H60CeN13O28. The van der Waals surface area contributed by atoms with E-state index in [1.165, 1.54) is 104 Å². The second-order valence-corrected chi connectivity index (χ2v) is 15.2. The molecule has 12 aliphatic heterocycles. The maximum atomic E-state index is 9.38. The predicted molar refractivity (Wildman–Crippen MR) is 226 cm³/mol. The van der Waals surface area contributed by atoms with Crippen LogP contribution in [0, 0.1) is 188 Å². The Bertz CT molecular complexity index is 1150. The number of piperidine rings is 12. The van der Waals surface area contributed by atoms with E-state index < -0.39 is 40.7 Å². The van der Waals surface area contributed by atoms with E-state index >= 15 is 0 Å². The number of hydrogen-bond donors (Lipinski definition) is 9. The van der Waals surface area contributed by atoms with Gasteiger partial charge >= 0.3 is 41.7 Å². The SMILES string of the molecule is O=[N+]([O-])[O-].O=[N+]([O-])[O-].O=[N+]([O-])[O-].O=[N+]([O-])[O-].O=[N+]([O-])[O-].O=[N+]([O-])[O-].O=[N+]([O-])[O-].O=[N+]([O-])[O-].O[C@@H]1C[NH+]2CCC1CC2.O[C@@H]1C[NH+]2CCC1CC2.O[C@@H]1C[NH+]2CCC1CC2.O[C@@H]1C[NH+]2CCC1CC2.[Ce+3].[NH4+]. The Hall–Kier alpha value is -5.38. The Morgan fingerprint density at radius 2 is 0.357 bits per heavy atom. The minimum Gasteiger partial charge on any atom is -0.387 e. The molecule has 42 heteroatoms. The number of fused-ring (bicyclic) bond motifs is 12. The topological polar surface area (TPSA) is 665 Å². The van der Waals surface area contributed by atoms with Gasteiger partial charge in [0.05, 0.1) is 93.1 Å². The molecule has 0 aromatic rings. The van der Waals surface area contributed by atoms with E-state index in [1.807, 2.05) is 0 Å². The molecule has 0 saturated carbocycles. The first-order valence-corrected chi connectivity index (χ1v) is 19.9. The van der Waals surface area contributed by atoms with Gasteiger partial charge in [-0.3, -0.25) is 0 Å². The van der Waals surface area contributed by atoms with E-state index in [2.05, 4.69) is 0 Å². The molecule has 12 fully saturated rings. The molecule has 0 aliphatic carbocycles. The molecule has 8 bridgehead atoms. The summed E-state index contributed by atoms with van der Waals surface area (Å²) in [7, 11) is 0. The summed E-state index contributed by atoms with van der Waals surface area (Å²) in [5, 5.41) is 156. The predicted octanol–water partition coefficient (Wildman–Crippen LogP) is -6.91. The number of aliphatic hydroxyl groups is 4. The van der Waals surface area contributed by atoms with Gasteiger partial charge in [0.25, 0.3) is 0 Å². The maximum Gasteiger partial charge on any atom is 3.00 e. The van der Waals surface area contributed by atoms with E-state index in [0.717, 1.165) is 26.2 Å². The van der Waals surface area contributed by atoms with E-state index in [-0.39, 0.29) is 72.3 Å². The molecule has 12 N–H and O–H groups in total. The molecule has 41 nitrogen and oxygen atoms in total. The zero-order valence-corrected chi connectivity index (χ0v) is 40.6. The molecule has 0 unspecified atom stereocenters. The van der Waals surface area contributed by atoms with Crippen LogP contribution in [0.2, 0.25) is 0 Å². The van der Waals surface area contributed by atoms with Gasteiger partial charge in [0.1, 0.15) is 50.6 Å². The van der Waals surface area contributed by atoms with Crippen molar-refractivity contribution in [1.29, 1.82) is 0 Å². The van der Waals surface area contributed by atoms with Gasteiger partial charge in [0.15, 0.2) is 0 Å². The van der Waals surface area contributed by atoms with Crippen molar-refractivity contribution >= 4 is 0 Å². The first-order valence-electron chi connectivity index (χ1n) is 19.9. The summed E-state index contributed by atoms with van der Waals surface area (Å²) in [6.45, 7) is 14.5. The number of aliphatic hydroxyl groups excluding tert-OH is 4. The van der Waals surface area contributed by atoms with Gasteiger partial charge in [-0.05, 0) is 0 Å². The first-order chi connectivity index (χ1) is 31.3. The van der Waals surface area contributed by atoms with Crippen LogP contribution < -0.4 is 25.8 Å². The smallest absolute Gasteiger partial charge is 0.387 e. The van der Waals surface area contributed by atoms with Gasteiger partial charge in [0.2, 0.25) is 0 Å². The van der Waals surface area contributed by atoms with Crippen LogP contribution in [0.4, 0.5) is 0 Å². The number of rotatable bonds is 0. The Kier molecular flexibility index (Phi) is 48.7. The fourth-order valence-corrected chi connectivity index (χ4v) is 8.40. The number of nitrogens with one attached hydrogen (secondary N) is 4. The van der Waals surface area contributed by atoms with Crippen molar-refractivity contribution in [2.24, 2.45) is 23.7 Å². The molecule has 12 rings (SSSR count). The summed E-state index contributed by atoms with van der Waals surface area (Å²) in [5.41, 5.74) is 0. The average Bonchev–Trinajstić information content (AvgIpc) is 3.19. The van der Waals surface area contributed by atoms with Crippen LogP contribution in [0.5, 0.6) is 0 Å². The third-order valence-electron chi connectivity index (χ3n) is 11.1. The van der Waals surface area contributed by atoms with Crippen molar-refractivity contribution in [3.05, 3.63) is 123 Å². The van der Waals surface area contributed by atoms with E-state index in [4.69, 9.17) is 123 Å². The van der Waals surface area contributed by atoms with Crippen molar-refractivity contribution in [3.63, 3.8) is 0 Å². The summed E-state index contributed by atoms with van der Waals surface area (Å²) >= 11 is 0. The first kappa shape index (κ1) is 76.1. The molecule has 12 saturated heterocycles. The van der Waals surface area contributed by atoms with Crippen molar-refractivity contribution in [2.75, 3.05) is 78.5 Å². The summed E-state index contributed by atoms with van der Waals surface area (Å²) < 4.78 is 0. The minimum atomic E-state index is -1.75. The van der Waals surface area contributed by atoms with Gasteiger partial charge < -0.3 is 169 Å². The van der Waals surface area contributed by atoms with Gasteiger partial charge in [-0.25, -0.2) is 0 Å². The summed E-state index contributed by atoms with van der Waals surface area (Å²) in [5.74, 6) is 2.62. The molecule has 12 aliphatic rings. The van der Waals surface area contributed by atoms with Crippen LogP contribution in [-0.4, -0.2) is 164 Å². The summed E-state index contributed by atoms with van der Waals surface area (Å²) in [6, 6.07) is 0. The molecule has 0 aromatic heterocycles. The van der Waals surface area contributed by atoms with Crippen LogP contribution in [0.15, 0.2) is 0 Å². The zero-order valence-electron chi connectivity index (χ0n) is 37.4. The van der Waals surface area contributed by atoms with E-state index in [0.29, 0.717) is 23.7 Å². The Balaban J connectivity index is -0.000000163. The Morgan fingerprint density at radius 3 is 0.386 bits per heavy atom. The van der Waals surface area contributed by atoms with E-state index in [9.17, 15) is 20.4 Å². The fraction of sp³-hybridized carbons (Fsp3) is 1.00. The molecule has 4 atom stereocenters.